The molecule has 9 heteroatoms. The molecule has 0 spiro atoms. The van der Waals surface area contributed by atoms with Crippen LogP contribution in [0.15, 0.2) is 30.5 Å². The van der Waals surface area contributed by atoms with Crippen LogP contribution in [-0.2, 0) is 0 Å². The molecule has 0 radical (unpaired) electrons. The number of urea groups is 1. The van der Waals surface area contributed by atoms with Crippen LogP contribution < -0.4 is 16.0 Å². The Balaban J connectivity index is 1.60. The number of carbonyl (C=O) groups is 2. The fourth-order valence-electron chi connectivity index (χ4n) is 2.79. The molecule has 1 aromatic heterocycles. The van der Waals surface area contributed by atoms with E-state index >= 15 is 0 Å². The van der Waals surface area contributed by atoms with Crippen molar-refractivity contribution < 1.29 is 9.59 Å². The molecule has 0 aliphatic carbocycles. The smallest absolute Gasteiger partial charge is 0.321 e. The maximum atomic E-state index is 12.5. The van der Waals surface area contributed by atoms with Crippen LogP contribution in [0.2, 0.25) is 10.0 Å². The molecule has 0 atom stereocenters. The molecular formula is C18H19Cl2N5O2. The molecule has 0 bridgehead atoms. The molecule has 0 saturated carbocycles. The number of aryl methyl sites for hydroxylation is 1. The van der Waals surface area contributed by atoms with Crippen LogP contribution in [0.25, 0.3) is 0 Å². The molecule has 3 rings (SSSR count). The molecule has 1 saturated heterocycles. The quantitative estimate of drug-likeness (QED) is 0.816. The Labute approximate surface area is 167 Å². The summed E-state index contributed by atoms with van der Waals surface area (Å²) in [5, 5.41) is 3.83. The number of halogens is 2. The van der Waals surface area contributed by atoms with E-state index in [9.17, 15) is 9.59 Å². The Morgan fingerprint density at radius 2 is 1.81 bits per heavy atom. The molecule has 2 aromatic rings. The lowest BCUT2D eigenvalue weighted by atomic mass is 10.2. The number of rotatable bonds is 3. The van der Waals surface area contributed by atoms with Crippen molar-refractivity contribution in [2.45, 2.75) is 6.92 Å². The van der Waals surface area contributed by atoms with Crippen molar-refractivity contribution in [1.82, 2.24) is 9.88 Å². The van der Waals surface area contributed by atoms with Gasteiger partial charge in [-0.25, -0.2) is 9.78 Å². The van der Waals surface area contributed by atoms with Crippen LogP contribution in [0.3, 0.4) is 0 Å². The Hall–Kier alpha value is -2.51. The van der Waals surface area contributed by atoms with Gasteiger partial charge in [-0.15, -0.1) is 0 Å². The lowest BCUT2D eigenvalue weighted by Crippen LogP contribution is -2.50. The number of pyridine rings is 1. The van der Waals surface area contributed by atoms with E-state index < -0.39 is 5.91 Å². The lowest BCUT2D eigenvalue weighted by Gasteiger charge is -2.35. The van der Waals surface area contributed by atoms with Gasteiger partial charge in [-0.1, -0.05) is 29.3 Å². The van der Waals surface area contributed by atoms with Gasteiger partial charge in [-0.3, -0.25) is 4.79 Å². The van der Waals surface area contributed by atoms with Gasteiger partial charge in [0.1, 0.15) is 5.82 Å². The van der Waals surface area contributed by atoms with E-state index in [-0.39, 0.29) is 11.6 Å². The topological polar surface area (TPSA) is 91.6 Å². The second kappa shape index (κ2) is 8.02. The summed E-state index contributed by atoms with van der Waals surface area (Å²) in [4.78, 5) is 31.6. The van der Waals surface area contributed by atoms with Crippen LogP contribution >= 0.6 is 23.2 Å². The summed E-state index contributed by atoms with van der Waals surface area (Å²) in [6, 6.07) is 6.73. The van der Waals surface area contributed by atoms with E-state index in [1.165, 1.54) is 12.3 Å². The van der Waals surface area contributed by atoms with E-state index in [4.69, 9.17) is 28.9 Å². The Morgan fingerprint density at radius 3 is 2.41 bits per heavy atom. The van der Waals surface area contributed by atoms with Crippen molar-refractivity contribution in [2.24, 2.45) is 5.73 Å². The average Bonchev–Trinajstić information content (AvgIpc) is 2.64. The minimum Gasteiger partial charge on any atom is -0.366 e. The van der Waals surface area contributed by atoms with Gasteiger partial charge >= 0.3 is 6.03 Å². The first kappa shape index (κ1) is 19.3. The van der Waals surface area contributed by atoms with Gasteiger partial charge in [0, 0.05) is 43.1 Å². The number of hydrogen-bond acceptors (Lipinski definition) is 4. The van der Waals surface area contributed by atoms with Crippen molar-refractivity contribution >= 4 is 46.6 Å². The van der Waals surface area contributed by atoms with Gasteiger partial charge in [0.15, 0.2) is 0 Å². The summed E-state index contributed by atoms with van der Waals surface area (Å²) in [5.41, 5.74) is 7.11. The standard InChI is InChI=1S/C18H19Cl2N5O2/c1-11-2-3-13(9-14(11)19)23-18(27)25-6-4-24(5-7-25)17-15(20)8-12(10-22-17)16(21)26/h2-3,8-10H,4-7H2,1H3,(H2,21,26)(H,23,27). The number of carbonyl (C=O) groups excluding carboxylic acids is 2. The van der Waals surface area contributed by atoms with E-state index in [1.54, 1.807) is 11.0 Å². The maximum Gasteiger partial charge on any atom is 0.321 e. The summed E-state index contributed by atoms with van der Waals surface area (Å²) >= 11 is 12.3. The highest BCUT2D eigenvalue weighted by molar-refractivity contribution is 6.33. The van der Waals surface area contributed by atoms with Gasteiger partial charge in [0.2, 0.25) is 5.91 Å². The number of nitrogens with one attached hydrogen (secondary N) is 1. The van der Waals surface area contributed by atoms with Crippen LogP contribution in [0, 0.1) is 6.92 Å². The molecule has 1 fully saturated rings. The van der Waals surface area contributed by atoms with Gasteiger partial charge in [-0.2, -0.15) is 0 Å². The average molecular weight is 408 g/mol. The van der Waals surface area contributed by atoms with E-state index in [0.29, 0.717) is 47.7 Å². The minimum absolute atomic E-state index is 0.183. The third-order valence-corrected chi connectivity index (χ3v) is 5.08. The van der Waals surface area contributed by atoms with Crippen molar-refractivity contribution in [3.05, 3.63) is 51.6 Å². The van der Waals surface area contributed by atoms with Gasteiger partial charge in [-0.05, 0) is 30.7 Å². The zero-order valence-corrected chi connectivity index (χ0v) is 16.2. The van der Waals surface area contributed by atoms with Crippen molar-refractivity contribution in [3.8, 4) is 0 Å². The van der Waals surface area contributed by atoms with E-state index in [1.807, 2.05) is 24.0 Å². The fourth-order valence-corrected chi connectivity index (χ4v) is 3.26. The highest BCUT2D eigenvalue weighted by Gasteiger charge is 2.23. The molecule has 3 N–H and O–H groups in total. The lowest BCUT2D eigenvalue weighted by molar-refractivity contribution is 0.1000. The summed E-state index contributed by atoms with van der Waals surface area (Å²) < 4.78 is 0. The monoisotopic (exact) mass is 407 g/mol. The predicted octanol–water partition coefficient (Wildman–Crippen LogP) is 3.15. The SMILES string of the molecule is Cc1ccc(NC(=O)N2CCN(c3ncc(C(N)=O)cc3Cl)CC2)cc1Cl. The van der Waals surface area contributed by atoms with Gasteiger partial charge in [0.05, 0.1) is 10.6 Å². The first-order valence-electron chi connectivity index (χ1n) is 8.37. The van der Waals surface area contributed by atoms with E-state index in [2.05, 4.69) is 10.3 Å². The molecule has 3 amide bonds. The predicted molar refractivity (Wildman–Crippen MR) is 107 cm³/mol. The third-order valence-electron chi connectivity index (χ3n) is 4.40. The summed E-state index contributed by atoms with van der Waals surface area (Å²) in [6.07, 6.45) is 1.41. The van der Waals surface area contributed by atoms with E-state index in [0.717, 1.165) is 5.56 Å². The minimum atomic E-state index is -0.575. The van der Waals surface area contributed by atoms with Crippen molar-refractivity contribution in [3.63, 3.8) is 0 Å². The largest absolute Gasteiger partial charge is 0.366 e. The Bertz CT molecular complexity index is 882. The maximum absolute atomic E-state index is 12.5. The molecule has 1 aromatic carbocycles. The van der Waals surface area contributed by atoms with Crippen LogP contribution in [0.5, 0.6) is 0 Å². The Morgan fingerprint density at radius 1 is 1.11 bits per heavy atom. The zero-order chi connectivity index (χ0) is 19.6. The first-order valence-corrected chi connectivity index (χ1v) is 9.13. The molecule has 1 aliphatic rings. The molecule has 1 aliphatic heterocycles. The molecule has 142 valence electrons. The highest BCUT2D eigenvalue weighted by Crippen LogP contribution is 2.25. The van der Waals surface area contributed by atoms with Crippen molar-refractivity contribution in [2.75, 3.05) is 36.4 Å². The number of anilines is 2. The summed E-state index contributed by atoms with van der Waals surface area (Å²) in [5.74, 6) is 0.000640. The second-order valence-corrected chi connectivity index (χ2v) is 7.08. The number of benzene rings is 1. The molecule has 27 heavy (non-hydrogen) atoms. The van der Waals surface area contributed by atoms with Gasteiger partial charge < -0.3 is 20.9 Å². The molecule has 0 unspecified atom stereocenters. The number of aromatic nitrogens is 1. The molecule has 7 nitrogen and oxygen atoms in total. The third kappa shape index (κ3) is 4.43. The van der Waals surface area contributed by atoms with Crippen LogP contribution in [0.4, 0.5) is 16.3 Å². The first-order chi connectivity index (χ1) is 12.8. The number of hydrogen-bond donors (Lipinski definition) is 2. The zero-order valence-electron chi connectivity index (χ0n) is 14.7. The Kier molecular flexibility index (Phi) is 5.72. The molecular weight excluding hydrogens is 389 g/mol. The fraction of sp³-hybridized carbons (Fsp3) is 0.278. The molecule has 2 heterocycles. The number of primary amides is 1. The van der Waals surface area contributed by atoms with Crippen molar-refractivity contribution in [1.29, 1.82) is 0 Å². The summed E-state index contributed by atoms with van der Waals surface area (Å²) in [7, 11) is 0. The van der Waals surface area contributed by atoms with Gasteiger partial charge in [0.25, 0.3) is 0 Å². The van der Waals surface area contributed by atoms with Crippen LogP contribution in [0.1, 0.15) is 15.9 Å². The normalized spacial score (nSPS) is 14.2. The number of nitrogens with two attached hydrogens (primary N) is 1. The summed E-state index contributed by atoms with van der Waals surface area (Å²) in [6.45, 7) is 4.08. The highest BCUT2D eigenvalue weighted by atomic mass is 35.5. The van der Waals surface area contributed by atoms with Crippen LogP contribution in [-0.4, -0.2) is 48.0 Å². The second-order valence-electron chi connectivity index (χ2n) is 6.26. The number of nitrogens with zero attached hydrogens (tertiary/aromatic N) is 3. The number of amides is 3. The number of piperazine rings is 1.